The Kier molecular flexibility index (Phi) is 3.31. The van der Waals surface area contributed by atoms with E-state index in [2.05, 4.69) is 18.8 Å². The van der Waals surface area contributed by atoms with Crippen LogP contribution in [0.4, 0.5) is 0 Å². The molecule has 17 heavy (non-hydrogen) atoms. The molecule has 0 atom stereocenters. The van der Waals surface area contributed by atoms with Crippen LogP contribution in [0, 0.1) is 5.92 Å². The zero-order valence-electron chi connectivity index (χ0n) is 10.3. The molecule has 1 aromatic heterocycles. The topological polar surface area (TPSA) is 53.4 Å². The highest BCUT2D eigenvalue weighted by molar-refractivity contribution is 5.97. The minimum absolute atomic E-state index is 0.0353. The molecular weight excluding hydrogens is 216 g/mol. The number of pyridine rings is 1. The molecule has 1 saturated carbocycles. The fraction of sp³-hybridized carbons (Fsp3) is 0.538. The zero-order valence-corrected chi connectivity index (χ0v) is 10.3. The van der Waals surface area contributed by atoms with Crippen molar-refractivity contribution in [2.75, 3.05) is 6.54 Å². The van der Waals surface area contributed by atoms with Crippen LogP contribution in [0.5, 0.6) is 5.75 Å². The van der Waals surface area contributed by atoms with Gasteiger partial charge in [0.1, 0.15) is 5.75 Å². The standard InChI is InChI=1S/C13H18N2O2/c1-9(2)8-15(10-3-4-10)13(17)11-5-6-14-7-12(11)16/h5-7,9-10,16H,3-4,8H2,1-2H3. The maximum Gasteiger partial charge on any atom is 0.257 e. The molecule has 0 saturated heterocycles. The summed E-state index contributed by atoms with van der Waals surface area (Å²) >= 11 is 0. The number of amides is 1. The maximum absolute atomic E-state index is 12.3. The molecule has 0 aromatic carbocycles. The van der Waals surface area contributed by atoms with Crippen LogP contribution in [0.2, 0.25) is 0 Å². The van der Waals surface area contributed by atoms with Crippen molar-refractivity contribution in [3.8, 4) is 5.75 Å². The molecule has 0 spiro atoms. The summed E-state index contributed by atoms with van der Waals surface area (Å²) in [6.45, 7) is 4.93. The predicted octanol–water partition coefficient (Wildman–Crippen LogP) is 2.05. The highest BCUT2D eigenvalue weighted by atomic mass is 16.3. The number of rotatable bonds is 4. The van der Waals surface area contributed by atoms with E-state index in [1.165, 1.54) is 12.4 Å². The Labute approximate surface area is 101 Å². The van der Waals surface area contributed by atoms with Crippen molar-refractivity contribution in [1.29, 1.82) is 0 Å². The highest BCUT2D eigenvalue weighted by Gasteiger charge is 2.34. The summed E-state index contributed by atoms with van der Waals surface area (Å²) in [5.74, 6) is 0.316. The number of aromatic hydroxyl groups is 1. The van der Waals surface area contributed by atoms with Crippen LogP contribution < -0.4 is 0 Å². The van der Waals surface area contributed by atoms with Gasteiger partial charge in [-0.25, -0.2) is 0 Å². The largest absolute Gasteiger partial charge is 0.505 e. The molecule has 1 aliphatic rings. The second-order valence-corrected chi connectivity index (χ2v) is 4.98. The van der Waals surface area contributed by atoms with Gasteiger partial charge < -0.3 is 10.0 Å². The molecule has 1 aliphatic carbocycles. The summed E-state index contributed by atoms with van der Waals surface area (Å²) in [5.41, 5.74) is 0.354. The quantitative estimate of drug-likeness (QED) is 0.867. The lowest BCUT2D eigenvalue weighted by Gasteiger charge is -2.24. The monoisotopic (exact) mass is 234 g/mol. The first-order valence-electron chi connectivity index (χ1n) is 6.03. The van der Waals surface area contributed by atoms with Gasteiger partial charge in [0, 0.05) is 18.8 Å². The molecule has 1 aromatic rings. The molecule has 0 bridgehead atoms. The molecule has 4 heteroatoms. The third-order valence-corrected chi connectivity index (χ3v) is 2.84. The van der Waals surface area contributed by atoms with E-state index >= 15 is 0 Å². The van der Waals surface area contributed by atoms with Crippen molar-refractivity contribution in [1.82, 2.24) is 9.88 Å². The molecular formula is C13H18N2O2. The number of aromatic nitrogens is 1. The van der Waals surface area contributed by atoms with Gasteiger partial charge in [0.15, 0.2) is 0 Å². The molecule has 4 nitrogen and oxygen atoms in total. The Hall–Kier alpha value is -1.58. The number of hydrogen-bond acceptors (Lipinski definition) is 3. The average Bonchev–Trinajstić information content (AvgIpc) is 3.09. The summed E-state index contributed by atoms with van der Waals surface area (Å²) in [7, 11) is 0. The van der Waals surface area contributed by atoms with E-state index in [0.29, 0.717) is 17.5 Å². The van der Waals surface area contributed by atoms with Gasteiger partial charge >= 0.3 is 0 Å². The Bertz CT molecular complexity index is 414. The molecule has 1 amide bonds. The van der Waals surface area contributed by atoms with Crippen molar-refractivity contribution in [2.24, 2.45) is 5.92 Å². The van der Waals surface area contributed by atoms with Gasteiger partial charge in [-0.3, -0.25) is 9.78 Å². The van der Waals surface area contributed by atoms with E-state index in [9.17, 15) is 9.90 Å². The van der Waals surface area contributed by atoms with Gasteiger partial charge in [0.05, 0.1) is 11.8 Å². The van der Waals surface area contributed by atoms with Gasteiger partial charge in [0.25, 0.3) is 5.91 Å². The van der Waals surface area contributed by atoms with E-state index in [4.69, 9.17) is 0 Å². The number of hydrogen-bond donors (Lipinski definition) is 1. The Morgan fingerprint density at radius 2 is 2.29 bits per heavy atom. The van der Waals surface area contributed by atoms with E-state index in [1.807, 2.05) is 4.90 Å². The van der Waals surface area contributed by atoms with Crippen molar-refractivity contribution in [3.05, 3.63) is 24.0 Å². The lowest BCUT2D eigenvalue weighted by atomic mass is 10.1. The van der Waals surface area contributed by atoms with Gasteiger partial charge in [-0.2, -0.15) is 0 Å². The van der Waals surface area contributed by atoms with E-state index < -0.39 is 0 Å². The molecule has 0 unspecified atom stereocenters. The first-order valence-corrected chi connectivity index (χ1v) is 6.03. The number of nitrogens with zero attached hydrogens (tertiary/aromatic N) is 2. The maximum atomic E-state index is 12.3. The second kappa shape index (κ2) is 4.73. The summed E-state index contributed by atoms with van der Waals surface area (Å²) in [6.07, 6.45) is 5.00. The average molecular weight is 234 g/mol. The van der Waals surface area contributed by atoms with Crippen LogP contribution in [0.25, 0.3) is 0 Å². The molecule has 1 N–H and O–H groups in total. The third-order valence-electron chi connectivity index (χ3n) is 2.84. The van der Waals surface area contributed by atoms with Crippen molar-refractivity contribution in [2.45, 2.75) is 32.7 Å². The van der Waals surface area contributed by atoms with E-state index in [1.54, 1.807) is 6.07 Å². The summed E-state index contributed by atoms with van der Waals surface area (Å²) in [4.78, 5) is 18.0. The summed E-state index contributed by atoms with van der Waals surface area (Å²) in [5, 5.41) is 9.66. The van der Waals surface area contributed by atoms with Crippen LogP contribution >= 0.6 is 0 Å². The normalized spacial score (nSPS) is 15.0. The summed E-state index contributed by atoms with van der Waals surface area (Å²) < 4.78 is 0. The van der Waals surface area contributed by atoms with Crippen LogP contribution in [0.3, 0.4) is 0 Å². The lowest BCUT2D eigenvalue weighted by molar-refractivity contribution is 0.0719. The molecule has 2 rings (SSSR count). The predicted molar refractivity (Wildman–Crippen MR) is 64.8 cm³/mol. The number of carbonyl (C=O) groups excluding carboxylic acids is 1. The fourth-order valence-corrected chi connectivity index (χ4v) is 1.90. The number of carbonyl (C=O) groups is 1. The van der Waals surface area contributed by atoms with Gasteiger partial charge in [0.2, 0.25) is 0 Å². The smallest absolute Gasteiger partial charge is 0.257 e. The summed E-state index contributed by atoms with van der Waals surface area (Å²) in [6, 6.07) is 1.94. The first kappa shape index (κ1) is 11.9. The van der Waals surface area contributed by atoms with Crippen LogP contribution in [-0.4, -0.2) is 33.5 Å². The van der Waals surface area contributed by atoms with E-state index in [0.717, 1.165) is 19.4 Å². The molecule has 0 aliphatic heterocycles. The van der Waals surface area contributed by atoms with Gasteiger partial charge in [-0.05, 0) is 24.8 Å². The van der Waals surface area contributed by atoms with E-state index in [-0.39, 0.29) is 11.7 Å². The Balaban J connectivity index is 2.19. The first-order chi connectivity index (χ1) is 8.09. The van der Waals surface area contributed by atoms with Crippen LogP contribution in [-0.2, 0) is 0 Å². The SMILES string of the molecule is CC(C)CN(C(=O)c1ccncc1O)C1CC1. The second-order valence-electron chi connectivity index (χ2n) is 4.98. The third kappa shape index (κ3) is 2.75. The Morgan fingerprint density at radius 1 is 1.59 bits per heavy atom. The van der Waals surface area contributed by atoms with Crippen molar-refractivity contribution in [3.63, 3.8) is 0 Å². The minimum atomic E-state index is -0.0823. The lowest BCUT2D eigenvalue weighted by Crippen LogP contribution is -2.36. The molecule has 1 heterocycles. The molecule has 1 fully saturated rings. The molecule has 92 valence electrons. The minimum Gasteiger partial charge on any atom is -0.505 e. The highest BCUT2D eigenvalue weighted by Crippen LogP contribution is 2.30. The van der Waals surface area contributed by atoms with Crippen molar-refractivity contribution < 1.29 is 9.90 Å². The van der Waals surface area contributed by atoms with Crippen LogP contribution in [0.1, 0.15) is 37.0 Å². The van der Waals surface area contributed by atoms with Crippen LogP contribution in [0.15, 0.2) is 18.5 Å². The molecule has 0 radical (unpaired) electrons. The zero-order chi connectivity index (χ0) is 12.4. The van der Waals surface area contributed by atoms with Gasteiger partial charge in [-0.15, -0.1) is 0 Å². The van der Waals surface area contributed by atoms with Crippen molar-refractivity contribution >= 4 is 5.91 Å². The Morgan fingerprint density at radius 3 is 2.82 bits per heavy atom. The fourth-order valence-electron chi connectivity index (χ4n) is 1.90. The van der Waals surface area contributed by atoms with Gasteiger partial charge in [-0.1, -0.05) is 13.8 Å².